The maximum Gasteiger partial charge on any atom is 0.573 e. The molecule has 0 bridgehead atoms. The fraction of sp³-hybridized carbons (Fsp3) is 0.714. The van der Waals surface area contributed by atoms with Crippen LogP contribution in [0.2, 0.25) is 0 Å². The Morgan fingerprint density at radius 2 is 0.558 bits per heavy atom. The summed E-state index contributed by atoms with van der Waals surface area (Å²) in [5.41, 5.74) is 0. The molecule has 0 aromatic rings. The molecule has 0 aromatic heterocycles. The van der Waals surface area contributed by atoms with E-state index in [-0.39, 0.29) is 0 Å². The number of rotatable bonds is 10. The third-order valence-electron chi connectivity index (χ3n) is 3.67. The second kappa shape index (κ2) is 11.0. The molecule has 0 heterocycles. The highest BCUT2D eigenvalue weighted by atomic mass is 19.4. The molecular formula is C14F26O3. The minimum atomic E-state index is -8.15. The molecule has 0 aliphatic carbocycles. The SMILES string of the molecule is FC(=C(OC(F)(F)F)C(F)(F)C(F)(F)C(F)(F)F)C(F)(F)OC(F)(F)C(F)=C(OC(F)(F)F)C(F)(F)C(F)(F)C(F)(F)F. The highest BCUT2D eigenvalue weighted by Gasteiger charge is 2.79. The Hall–Kier alpha value is -2.78. The van der Waals surface area contributed by atoms with Gasteiger partial charge in [0.25, 0.3) is 0 Å². The van der Waals surface area contributed by atoms with E-state index in [0.717, 1.165) is 0 Å². The van der Waals surface area contributed by atoms with E-state index >= 15 is 0 Å². The van der Waals surface area contributed by atoms with Crippen molar-refractivity contribution in [3.8, 4) is 0 Å². The van der Waals surface area contributed by atoms with Gasteiger partial charge < -0.3 is 9.47 Å². The fourth-order valence-electron chi connectivity index (χ4n) is 1.88. The summed E-state index contributed by atoms with van der Waals surface area (Å²) in [6.45, 7) is 0. The van der Waals surface area contributed by atoms with E-state index in [1.165, 1.54) is 14.2 Å². The summed E-state index contributed by atoms with van der Waals surface area (Å²) in [4.78, 5) is 0. The number of halogens is 26. The molecule has 0 amide bonds. The summed E-state index contributed by atoms with van der Waals surface area (Å²) in [5.74, 6) is -54.4. The zero-order valence-corrected chi connectivity index (χ0v) is 18.1. The van der Waals surface area contributed by atoms with Crippen LogP contribution in [0.1, 0.15) is 0 Å². The van der Waals surface area contributed by atoms with Gasteiger partial charge in [0, 0.05) is 0 Å². The van der Waals surface area contributed by atoms with Crippen LogP contribution >= 0.6 is 0 Å². The Kier molecular flexibility index (Phi) is 10.3. The van der Waals surface area contributed by atoms with Crippen LogP contribution in [0.3, 0.4) is 0 Å². The third-order valence-corrected chi connectivity index (χ3v) is 3.67. The molecule has 0 rings (SSSR count). The van der Waals surface area contributed by atoms with Gasteiger partial charge in [0.15, 0.2) is 0 Å². The molecule has 0 N–H and O–H groups in total. The summed E-state index contributed by atoms with van der Waals surface area (Å²) in [7, 11) is 0. The van der Waals surface area contributed by atoms with E-state index < -0.39 is 84.2 Å². The van der Waals surface area contributed by atoms with Crippen molar-refractivity contribution in [3.63, 3.8) is 0 Å². The second-order valence-corrected chi connectivity index (χ2v) is 6.81. The van der Waals surface area contributed by atoms with Gasteiger partial charge in [-0.2, -0.15) is 87.8 Å². The van der Waals surface area contributed by atoms with Crippen molar-refractivity contribution in [1.29, 1.82) is 0 Å². The Balaban J connectivity index is 7.53. The quantitative estimate of drug-likeness (QED) is 0.167. The van der Waals surface area contributed by atoms with Gasteiger partial charge in [-0.05, 0) is 0 Å². The average molecular weight is 710 g/mol. The van der Waals surface area contributed by atoms with Gasteiger partial charge in [-0.15, -0.1) is 26.3 Å². The van der Waals surface area contributed by atoms with Gasteiger partial charge in [0.05, 0.1) is 0 Å². The lowest BCUT2D eigenvalue weighted by atomic mass is 10.1. The smallest absolute Gasteiger partial charge is 0.400 e. The Morgan fingerprint density at radius 1 is 0.349 bits per heavy atom. The predicted octanol–water partition coefficient (Wildman–Crippen LogP) is 9.29. The van der Waals surface area contributed by atoms with Crippen LogP contribution in [0.4, 0.5) is 114 Å². The van der Waals surface area contributed by atoms with Gasteiger partial charge in [0.1, 0.15) is 0 Å². The lowest BCUT2D eigenvalue weighted by Gasteiger charge is -2.32. The van der Waals surface area contributed by atoms with E-state index in [1.807, 2.05) is 0 Å². The normalized spacial score (nSPS) is 17.0. The van der Waals surface area contributed by atoms with E-state index in [4.69, 9.17) is 0 Å². The zero-order valence-electron chi connectivity index (χ0n) is 18.1. The molecule has 256 valence electrons. The van der Waals surface area contributed by atoms with E-state index in [9.17, 15) is 114 Å². The maximum absolute atomic E-state index is 13.7. The maximum atomic E-state index is 13.7. The molecule has 0 unspecified atom stereocenters. The number of hydrogen-bond donors (Lipinski definition) is 0. The lowest BCUT2D eigenvalue weighted by Crippen LogP contribution is -2.55. The van der Waals surface area contributed by atoms with Gasteiger partial charge in [-0.3, -0.25) is 0 Å². The summed E-state index contributed by atoms with van der Waals surface area (Å²) < 4.78 is 338. The van der Waals surface area contributed by atoms with Crippen molar-refractivity contribution >= 4 is 0 Å². The first kappa shape index (κ1) is 40.2. The van der Waals surface area contributed by atoms with Crippen molar-refractivity contribution in [1.82, 2.24) is 0 Å². The minimum Gasteiger partial charge on any atom is -0.400 e. The van der Waals surface area contributed by atoms with Gasteiger partial charge >= 0.3 is 61.0 Å². The molecule has 29 heteroatoms. The summed E-state index contributed by atoms with van der Waals surface area (Å²) in [5, 5.41) is 0. The standard InChI is InChI=1S/C14F26O3/c15-1(3(41-13(35,36)37)5(17,18)9(25,26)11(29,30)31)7(21,22)43-8(23,24)2(16)4(42-14(38,39)40)6(19,20)10(27,28)12(32,33)34. The molecule has 3 nitrogen and oxygen atoms in total. The first-order valence-corrected chi connectivity index (χ1v) is 8.64. The van der Waals surface area contributed by atoms with Gasteiger partial charge in [-0.1, -0.05) is 0 Å². The molecule has 0 saturated carbocycles. The molecule has 0 radical (unpaired) electrons. The third kappa shape index (κ3) is 8.24. The van der Waals surface area contributed by atoms with Gasteiger partial charge in [0.2, 0.25) is 23.2 Å². The molecule has 0 aliphatic rings. The summed E-state index contributed by atoms with van der Waals surface area (Å²) >= 11 is 0. The predicted molar refractivity (Wildman–Crippen MR) is 73.4 cm³/mol. The van der Waals surface area contributed by atoms with E-state index in [1.54, 1.807) is 0 Å². The van der Waals surface area contributed by atoms with Crippen LogP contribution in [0, 0.1) is 0 Å². The topological polar surface area (TPSA) is 27.7 Å². The number of alkyl halides is 24. The molecule has 0 aliphatic heterocycles. The second-order valence-electron chi connectivity index (χ2n) is 6.81. The monoisotopic (exact) mass is 710 g/mol. The highest BCUT2D eigenvalue weighted by molar-refractivity contribution is 5.23. The highest BCUT2D eigenvalue weighted by Crippen LogP contribution is 2.56. The lowest BCUT2D eigenvalue weighted by molar-refractivity contribution is -0.385. The van der Waals surface area contributed by atoms with Crippen molar-refractivity contribution in [2.45, 2.75) is 61.0 Å². The Morgan fingerprint density at radius 3 is 0.721 bits per heavy atom. The van der Waals surface area contributed by atoms with Crippen LogP contribution in [0.25, 0.3) is 0 Å². The molecule has 0 saturated heterocycles. The molecular weight excluding hydrogens is 710 g/mol. The molecule has 0 fully saturated rings. The van der Waals surface area contributed by atoms with E-state index in [0.29, 0.717) is 0 Å². The van der Waals surface area contributed by atoms with Crippen LogP contribution in [-0.4, -0.2) is 61.0 Å². The van der Waals surface area contributed by atoms with Crippen LogP contribution in [0.5, 0.6) is 0 Å². The fourth-order valence-corrected chi connectivity index (χ4v) is 1.88. The Bertz CT molecular complexity index is 981. The summed E-state index contributed by atoms with van der Waals surface area (Å²) in [6, 6.07) is 0. The van der Waals surface area contributed by atoms with Crippen molar-refractivity contribution < 1.29 is 128 Å². The number of hydrogen-bond acceptors (Lipinski definition) is 3. The molecule has 0 atom stereocenters. The number of allylic oxidation sites excluding steroid dienone is 2. The van der Waals surface area contributed by atoms with Crippen LogP contribution in [0.15, 0.2) is 23.2 Å². The van der Waals surface area contributed by atoms with Crippen molar-refractivity contribution in [2.24, 2.45) is 0 Å². The van der Waals surface area contributed by atoms with Crippen molar-refractivity contribution in [3.05, 3.63) is 23.2 Å². The summed E-state index contributed by atoms with van der Waals surface area (Å²) in [6.07, 6.45) is -46.1. The zero-order chi connectivity index (χ0) is 35.4. The van der Waals surface area contributed by atoms with Crippen molar-refractivity contribution in [2.75, 3.05) is 0 Å². The van der Waals surface area contributed by atoms with Crippen LogP contribution < -0.4 is 0 Å². The molecule has 0 spiro atoms. The Labute approximate surface area is 214 Å². The largest absolute Gasteiger partial charge is 0.573 e. The molecule has 0 aromatic carbocycles. The average Bonchev–Trinajstić information content (AvgIpc) is 2.70. The van der Waals surface area contributed by atoms with Crippen LogP contribution in [-0.2, 0) is 14.2 Å². The number of ether oxygens (including phenoxy) is 3. The van der Waals surface area contributed by atoms with Gasteiger partial charge in [-0.25, -0.2) is 4.74 Å². The van der Waals surface area contributed by atoms with E-state index in [2.05, 4.69) is 0 Å². The first-order valence-electron chi connectivity index (χ1n) is 8.64. The first-order chi connectivity index (χ1) is 18.2. The minimum absolute atomic E-state index is 1.38. The molecule has 43 heavy (non-hydrogen) atoms.